The van der Waals surface area contributed by atoms with E-state index in [1.165, 1.54) is 0 Å². The number of nitrogens with two attached hydrogens (primary N) is 1. The number of pyridine rings is 1. The van der Waals surface area contributed by atoms with E-state index in [9.17, 15) is 0 Å². The molecular formula is C7H11BrCl2N2. The molecular weight excluding hydrogens is 263 g/mol. The third kappa shape index (κ3) is 3.72. The summed E-state index contributed by atoms with van der Waals surface area (Å²) >= 11 is 3.32. The molecule has 0 unspecified atom stereocenters. The number of hydrogen-bond donors (Lipinski definition) is 1. The Hall–Kier alpha value is 0.170. The Kier molecular flexibility index (Phi) is 8.15. The zero-order valence-electron chi connectivity index (χ0n) is 6.58. The third-order valence-corrected chi connectivity index (χ3v) is 1.78. The van der Waals surface area contributed by atoms with Crippen LogP contribution in [0.3, 0.4) is 0 Å². The second-order valence-corrected chi connectivity index (χ2v) is 3.04. The molecule has 0 saturated carbocycles. The number of aromatic nitrogens is 1. The van der Waals surface area contributed by atoms with Gasteiger partial charge in [0.2, 0.25) is 0 Å². The van der Waals surface area contributed by atoms with Gasteiger partial charge in [0, 0.05) is 17.2 Å². The molecule has 12 heavy (non-hydrogen) atoms. The summed E-state index contributed by atoms with van der Waals surface area (Å²) < 4.78 is 1.00. The van der Waals surface area contributed by atoms with Gasteiger partial charge in [0.15, 0.2) is 0 Å². The van der Waals surface area contributed by atoms with Gasteiger partial charge in [0.1, 0.15) is 0 Å². The van der Waals surface area contributed by atoms with Crippen molar-refractivity contribution in [2.45, 2.75) is 13.5 Å². The van der Waals surface area contributed by atoms with E-state index in [2.05, 4.69) is 20.9 Å². The largest absolute Gasteiger partial charge is 0.325 e. The van der Waals surface area contributed by atoms with Crippen molar-refractivity contribution in [2.75, 3.05) is 0 Å². The van der Waals surface area contributed by atoms with Crippen LogP contribution in [0.25, 0.3) is 0 Å². The van der Waals surface area contributed by atoms with Crippen LogP contribution in [-0.4, -0.2) is 4.98 Å². The van der Waals surface area contributed by atoms with E-state index in [-0.39, 0.29) is 24.8 Å². The molecule has 5 heteroatoms. The normalized spacial score (nSPS) is 8.25. The van der Waals surface area contributed by atoms with Crippen LogP contribution < -0.4 is 5.73 Å². The van der Waals surface area contributed by atoms with Gasteiger partial charge < -0.3 is 5.73 Å². The third-order valence-electron chi connectivity index (χ3n) is 1.35. The molecule has 2 N–H and O–H groups in total. The van der Waals surface area contributed by atoms with E-state index in [0.717, 1.165) is 15.7 Å². The summed E-state index contributed by atoms with van der Waals surface area (Å²) in [5, 5.41) is 0. The molecule has 2 nitrogen and oxygen atoms in total. The van der Waals surface area contributed by atoms with Gasteiger partial charge in [-0.1, -0.05) is 0 Å². The van der Waals surface area contributed by atoms with E-state index in [1.54, 1.807) is 6.20 Å². The maximum absolute atomic E-state index is 5.42. The molecule has 0 radical (unpaired) electrons. The van der Waals surface area contributed by atoms with Gasteiger partial charge >= 0.3 is 0 Å². The number of halogens is 3. The Morgan fingerprint density at radius 1 is 1.50 bits per heavy atom. The van der Waals surface area contributed by atoms with Crippen LogP contribution in [0.5, 0.6) is 0 Å². The maximum Gasteiger partial charge on any atom is 0.0569 e. The fourth-order valence-electron chi connectivity index (χ4n) is 0.782. The molecule has 0 spiro atoms. The first-order valence-electron chi connectivity index (χ1n) is 3.05. The minimum atomic E-state index is 0. The van der Waals surface area contributed by atoms with Gasteiger partial charge in [-0.15, -0.1) is 24.8 Å². The first kappa shape index (κ1) is 14.7. The van der Waals surface area contributed by atoms with Gasteiger partial charge in [0.05, 0.1) is 5.69 Å². The van der Waals surface area contributed by atoms with Crippen LogP contribution in [0.2, 0.25) is 0 Å². The molecule has 1 rings (SSSR count). The van der Waals surface area contributed by atoms with E-state index in [4.69, 9.17) is 5.73 Å². The molecule has 0 aliphatic rings. The summed E-state index contributed by atoms with van der Waals surface area (Å²) in [5.41, 5.74) is 7.52. The highest BCUT2D eigenvalue weighted by Crippen LogP contribution is 2.11. The van der Waals surface area contributed by atoms with Crippen molar-refractivity contribution in [1.29, 1.82) is 0 Å². The molecule has 0 atom stereocenters. The topological polar surface area (TPSA) is 38.9 Å². The molecule has 0 aromatic carbocycles. The van der Waals surface area contributed by atoms with E-state index >= 15 is 0 Å². The van der Waals surface area contributed by atoms with Crippen molar-refractivity contribution in [3.8, 4) is 0 Å². The second kappa shape index (κ2) is 6.66. The lowest BCUT2D eigenvalue weighted by Crippen LogP contribution is -2.01. The average molecular weight is 274 g/mol. The molecule has 0 amide bonds. The van der Waals surface area contributed by atoms with E-state index < -0.39 is 0 Å². The monoisotopic (exact) mass is 272 g/mol. The smallest absolute Gasteiger partial charge is 0.0569 e. The van der Waals surface area contributed by atoms with Crippen LogP contribution >= 0.6 is 40.7 Å². The lowest BCUT2D eigenvalue weighted by Gasteiger charge is -2.00. The first-order valence-corrected chi connectivity index (χ1v) is 3.84. The standard InChI is InChI=1S/C7H9BrN2.2ClH/c1-5-2-6(8)4-10-7(5)3-9;;/h2,4H,3,9H2,1H3;2*1H. The average Bonchev–Trinajstić information content (AvgIpc) is 1.88. The molecule has 1 aromatic rings. The molecule has 70 valence electrons. The fraction of sp³-hybridized carbons (Fsp3) is 0.286. The Bertz CT molecular complexity index is 243. The molecule has 0 aliphatic heterocycles. The van der Waals surface area contributed by atoms with Crippen LogP contribution in [0.1, 0.15) is 11.3 Å². The molecule has 0 bridgehead atoms. The lowest BCUT2D eigenvalue weighted by molar-refractivity contribution is 0.965. The Morgan fingerprint density at radius 3 is 2.50 bits per heavy atom. The van der Waals surface area contributed by atoms with Crippen molar-refractivity contribution in [3.63, 3.8) is 0 Å². The van der Waals surface area contributed by atoms with Crippen LogP contribution in [0.15, 0.2) is 16.7 Å². The van der Waals surface area contributed by atoms with Crippen molar-refractivity contribution < 1.29 is 0 Å². The second-order valence-electron chi connectivity index (χ2n) is 2.12. The van der Waals surface area contributed by atoms with Gasteiger partial charge in [-0.2, -0.15) is 0 Å². The predicted octanol–water partition coefficient (Wildman–Crippen LogP) is 2.45. The van der Waals surface area contributed by atoms with Gasteiger partial charge in [-0.05, 0) is 34.5 Å². The Morgan fingerprint density at radius 2 is 2.08 bits per heavy atom. The quantitative estimate of drug-likeness (QED) is 0.854. The lowest BCUT2D eigenvalue weighted by atomic mass is 10.2. The van der Waals surface area contributed by atoms with Crippen LogP contribution in [0, 0.1) is 6.92 Å². The number of aryl methyl sites for hydroxylation is 1. The summed E-state index contributed by atoms with van der Waals surface area (Å²) in [6, 6.07) is 2.01. The van der Waals surface area contributed by atoms with Crippen molar-refractivity contribution >= 4 is 40.7 Å². The molecule has 1 aromatic heterocycles. The zero-order chi connectivity index (χ0) is 7.56. The minimum absolute atomic E-state index is 0. The van der Waals surface area contributed by atoms with Gasteiger partial charge in [-0.25, -0.2) is 0 Å². The van der Waals surface area contributed by atoms with Crippen LogP contribution in [-0.2, 0) is 6.54 Å². The summed E-state index contributed by atoms with van der Waals surface area (Å²) in [7, 11) is 0. The van der Waals surface area contributed by atoms with Crippen LogP contribution in [0.4, 0.5) is 0 Å². The summed E-state index contributed by atoms with van der Waals surface area (Å²) in [4.78, 5) is 4.12. The zero-order valence-corrected chi connectivity index (χ0v) is 9.80. The summed E-state index contributed by atoms with van der Waals surface area (Å²) in [6.07, 6.45) is 1.76. The van der Waals surface area contributed by atoms with Crippen molar-refractivity contribution in [3.05, 3.63) is 28.0 Å². The van der Waals surface area contributed by atoms with E-state index in [1.807, 2.05) is 13.0 Å². The highest BCUT2D eigenvalue weighted by Gasteiger charge is 1.96. The van der Waals surface area contributed by atoms with E-state index in [0.29, 0.717) is 6.54 Å². The summed E-state index contributed by atoms with van der Waals surface area (Å²) in [6.45, 7) is 2.51. The SMILES string of the molecule is Cc1cc(Br)cnc1CN.Cl.Cl. The minimum Gasteiger partial charge on any atom is -0.325 e. The molecule has 0 aliphatic carbocycles. The molecule has 1 heterocycles. The maximum atomic E-state index is 5.42. The highest BCUT2D eigenvalue weighted by atomic mass is 79.9. The highest BCUT2D eigenvalue weighted by molar-refractivity contribution is 9.10. The van der Waals surface area contributed by atoms with Gasteiger partial charge in [-0.3, -0.25) is 4.98 Å². The predicted molar refractivity (Wildman–Crippen MR) is 59.1 cm³/mol. The Balaban J connectivity index is 0. The number of nitrogens with zero attached hydrogens (tertiary/aromatic N) is 1. The number of hydrogen-bond acceptors (Lipinski definition) is 2. The molecule has 0 saturated heterocycles. The summed E-state index contributed by atoms with van der Waals surface area (Å²) in [5.74, 6) is 0. The fourth-order valence-corrected chi connectivity index (χ4v) is 1.23. The van der Waals surface area contributed by atoms with Crippen molar-refractivity contribution in [2.24, 2.45) is 5.73 Å². The molecule has 0 fully saturated rings. The van der Waals surface area contributed by atoms with Gasteiger partial charge in [0.25, 0.3) is 0 Å². The first-order chi connectivity index (χ1) is 4.74. The Labute approximate surface area is 92.9 Å². The number of rotatable bonds is 1. The van der Waals surface area contributed by atoms with Crippen molar-refractivity contribution in [1.82, 2.24) is 4.98 Å².